The van der Waals surface area contributed by atoms with Gasteiger partial charge >= 0.3 is 0 Å². The number of hydrogen-bond acceptors (Lipinski definition) is 3. The summed E-state index contributed by atoms with van der Waals surface area (Å²) in [5.74, 6) is -0.181. The molecule has 0 aliphatic carbocycles. The van der Waals surface area contributed by atoms with Crippen LogP contribution in [0.2, 0.25) is 0 Å². The van der Waals surface area contributed by atoms with E-state index < -0.39 is 0 Å². The fourth-order valence-corrected chi connectivity index (χ4v) is 2.93. The molecule has 0 spiro atoms. The highest BCUT2D eigenvalue weighted by molar-refractivity contribution is 7.12. The van der Waals surface area contributed by atoms with Crippen molar-refractivity contribution in [2.45, 2.75) is 26.8 Å². The van der Waals surface area contributed by atoms with Gasteiger partial charge in [-0.1, -0.05) is 18.2 Å². The zero-order chi connectivity index (χ0) is 16.1. The molecule has 1 heterocycles. The first-order chi connectivity index (χ1) is 10.5. The second kappa shape index (κ2) is 7.22. The lowest BCUT2D eigenvalue weighted by atomic mass is 10.0. The van der Waals surface area contributed by atoms with E-state index in [1.807, 2.05) is 50.4 Å². The third kappa shape index (κ3) is 3.74. The number of nitrogens with one attached hydrogen (secondary N) is 2. The van der Waals surface area contributed by atoms with Crippen molar-refractivity contribution >= 4 is 23.2 Å². The van der Waals surface area contributed by atoms with Crippen molar-refractivity contribution in [2.75, 3.05) is 6.54 Å². The van der Waals surface area contributed by atoms with Crippen LogP contribution in [-0.4, -0.2) is 24.4 Å². The van der Waals surface area contributed by atoms with Gasteiger partial charge < -0.3 is 10.6 Å². The fraction of sp³-hybridized carbons (Fsp3) is 0.294. The van der Waals surface area contributed by atoms with Gasteiger partial charge in [0.25, 0.3) is 11.8 Å². The Kier molecular flexibility index (Phi) is 5.33. The molecule has 2 amide bonds. The maximum Gasteiger partial charge on any atom is 0.261 e. The molecule has 0 aliphatic rings. The molecule has 4 nitrogen and oxygen atoms in total. The summed E-state index contributed by atoms with van der Waals surface area (Å²) >= 11 is 1.38. The van der Waals surface area contributed by atoms with Crippen LogP contribution in [0.1, 0.15) is 40.8 Å². The second-order valence-electron chi connectivity index (χ2n) is 5.23. The summed E-state index contributed by atoms with van der Waals surface area (Å²) in [5.41, 5.74) is 2.35. The topological polar surface area (TPSA) is 58.2 Å². The van der Waals surface area contributed by atoms with Gasteiger partial charge in [-0.2, -0.15) is 0 Å². The zero-order valence-electron chi connectivity index (χ0n) is 13.0. The molecule has 2 aromatic rings. The SMILES string of the molecule is CCNC(=O)c1ccccc1-c1csc(C(=O)NC(C)C)c1. The molecule has 0 radical (unpaired) electrons. The van der Waals surface area contributed by atoms with Crippen LogP contribution in [0.5, 0.6) is 0 Å². The summed E-state index contributed by atoms with van der Waals surface area (Å²) in [4.78, 5) is 24.8. The number of rotatable bonds is 5. The minimum absolute atomic E-state index is 0.0817. The molecule has 0 atom stereocenters. The average Bonchev–Trinajstić information content (AvgIpc) is 2.96. The standard InChI is InChI=1S/C17H20N2O2S/c1-4-18-16(20)14-8-6-5-7-13(14)12-9-15(22-10-12)17(21)19-11(2)3/h5-11H,4H2,1-3H3,(H,18,20)(H,19,21). The van der Waals surface area contributed by atoms with Crippen LogP contribution in [-0.2, 0) is 0 Å². The molecular weight excluding hydrogens is 296 g/mol. The Morgan fingerprint density at radius 3 is 2.59 bits per heavy atom. The molecule has 1 aromatic heterocycles. The van der Waals surface area contributed by atoms with E-state index in [1.54, 1.807) is 6.07 Å². The highest BCUT2D eigenvalue weighted by atomic mass is 32.1. The Balaban J connectivity index is 2.32. The highest BCUT2D eigenvalue weighted by Gasteiger charge is 2.15. The van der Waals surface area contributed by atoms with E-state index >= 15 is 0 Å². The summed E-state index contributed by atoms with van der Waals surface area (Å²) in [6.45, 7) is 6.33. The molecule has 1 aromatic carbocycles. The molecule has 116 valence electrons. The lowest BCUT2D eigenvalue weighted by Gasteiger charge is -2.08. The largest absolute Gasteiger partial charge is 0.352 e. The van der Waals surface area contributed by atoms with Gasteiger partial charge in [-0.05, 0) is 49.4 Å². The molecule has 22 heavy (non-hydrogen) atoms. The maximum atomic E-state index is 12.1. The molecular formula is C17H20N2O2S. The molecule has 5 heteroatoms. The van der Waals surface area contributed by atoms with E-state index in [9.17, 15) is 9.59 Å². The molecule has 0 aliphatic heterocycles. The van der Waals surface area contributed by atoms with Crippen molar-refractivity contribution in [3.8, 4) is 11.1 Å². The first-order valence-electron chi connectivity index (χ1n) is 7.30. The fourth-order valence-electron chi connectivity index (χ4n) is 2.12. The van der Waals surface area contributed by atoms with Crippen LogP contribution in [0.3, 0.4) is 0 Å². The van der Waals surface area contributed by atoms with Crippen molar-refractivity contribution in [3.05, 3.63) is 46.2 Å². The van der Waals surface area contributed by atoms with Crippen LogP contribution < -0.4 is 10.6 Å². The lowest BCUT2D eigenvalue weighted by molar-refractivity contribution is 0.0942. The predicted molar refractivity (Wildman–Crippen MR) is 90.4 cm³/mol. The number of carbonyl (C=O) groups is 2. The second-order valence-corrected chi connectivity index (χ2v) is 6.14. The molecule has 0 saturated heterocycles. The van der Waals surface area contributed by atoms with Gasteiger partial charge in [0.1, 0.15) is 0 Å². The molecule has 0 bridgehead atoms. The third-order valence-electron chi connectivity index (χ3n) is 3.06. The summed E-state index contributed by atoms with van der Waals surface area (Å²) in [6, 6.07) is 9.36. The number of amides is 2. The first kappa shape index (κ1) is 16.2. The lowest BCUT2D eigenvalue weighted by Crippen LogP contribution is -2.29. The third-order valence-corrected chi connectivity index (χ3v) is 3.99. The van der Waals surface area contributed by atoms with Crippen molar-refractivity contribution in [1.82, 2.24) is 10.6 Å². The highest BCUT2D eigenvalue weighted by Crippen LogP contribution is 2.28. The van der Waals surface area contributed by atoms with Gasteiger partial charge in [-0.15, -0.1) is 11.3 Å². The average molecular weight is 316 g/mol. The van der Waals surface area contributed by atoms with Crippen LogP contribution >= 0.6 is 11.3 Å². The Labute approximate surface area is 134 Å². The summed E-state index contributed by atoms with van der Waals surface area (Å²) in [7, 11) is 0. The minimum Gasteiger partial charge on any atom is -0.352 e. The summed E-state index contributed by atoms with van der Waals surface area (Å²) in [6.07, 6.45) is 0. The van der Waals surface area contributed by atoms with E-state index in [4.69, 9.17) is 0 Å². The maximum absolute atomic E-state index is 12.1. The van der Waals surface area contributed by atoms with Crippen molar-refractivity contribution in [3.63, 3.8) is 0 Å². The van der Waals surface area contributed by atoms with Crippen LogP contribution in [0, 0.1) is 0 Å². The van der Waals surface area contributed by atoms with E-state index in [1.165, 1.54) is 11.3 Å². The predicted octanol–water partition coefficient (Wildman–Crippen LogP) is 3.30. The van der Waals surface area contributed by atoms with E-state index in [0.717, 1.165) is 11.1 Å². The number of hydrogen-bond donors (Lipinski definition) is 2. The van der Waals surface area contributed by atoms with E-state index in [2.05, 4.69) is 10.6 Å². The smallest absolute Gasteiger partial charge is 0.261 e. The van der Waals surface area contributed by atoms with Crippen molar-refractivity contribution in [2.24, 2.45) is 0 Å². The normalized spacial score (nSPS) is 10.5. The van der Waals surface area contributed by atoms with Crippen LogP contribution in [0.25, 0.3) is 11.1 Å². The minimum atomic E-state index is -0.0996. The van der Waals surface area contributed by atoms with Crippen LogP contribution in [0.15, 0.2) is 35.7 Å². The number of benzene rings is 1. The Morgan fingerprint density at radius 2 is 1.91 bits per heavy atom. The Hall–Kier alpha value is -2.14. The molecule has 0 unspecified atom stereocenters. The number of thiophene rings is 1. The van der Waals surface area contributed by atoms with Gasteiger partial charge in [0.2, 0.25) is 0 Å². The summed E-state index contributed by atoms with van der Waals surface area (Å²) in [5, 5.41) is 7.60. The Bertz CT molecular complexity index is 677. The van der Waals surface area contributed by atoms with Crippen molar-refractivity contribution in [1.29, 1.82) is 0 Å². The van der Waals surface area contributed by atoms with Crippen molar-refractivity contribution < 1.29 is 9.59 Å². The molecule has 0 saturated carbocycles. The quantitative estimate of drug-likeness (QED) is 0.889. The monoisotopic (exact) mass is 316 g/mol. The van der Waals surface area contributed by atoms with Gasteiger partial charge in [-0.3, -0.25) is 9.59 Å². The molecule has 2 N–H and O–H groups in total. The molecule has 2 rings (SSSR count). The first-order valence-corrected chi connectivity index (χ1v) is 8.18. The number of carbonyl (C=O) groups excluding carboxylic acids is 2. The van der Waals surface area contributed by atoms with Gasteiger partial charge in [-0.25, -0.2) is 0 Å². The summed E-state index contributed by atoms with van der Waals surface area (Å²) < 4.78 is 0. The van der Waals surface area contributed by atoms with E-state index in [-0.39, 0.29) is 17.9 Å². The van der Waals surface area contributed by atoms with Gasteiger partial charge in [0.05, 0.1) is 4.88 Å². The van der Waals surface area contributed by atoms with Crippen LogP contribution in [0.4, 0.5) is 0 Å². The van der Waals surface area contributed by atoms with E-state index in [0.29, 0.717) is 17.0 Å². The zero-order valence-corrected chi connectivity index (χ0v) is 13.8. The molecule has 0 fully saturated rings. The van der Waals surface area contributed by atoms with Gasteiger partial charge in [0.15, 0.2) is 0 Å². The van der Waals surface area contributed by atoms with Gasteiger partial charge in [0, 0.05) is 18.2 Å². The Morgan fingerprint density at radius 1 is 1.18 bits per heavy atom.